The summed E-state index contributed by atoms with van der Waals surface area (Å²) in [6.07, 6.45) is 5.47. The molecule has 170 valence electrons. The maximum Gasteiger partial charge on any atom is 0.419 e. The van der Waals surface area contributed by atoms with Crippen LogP contribution in [0.3, 0.4) is 0 Å². The lowest BCUT2D eigenvalue weighted by Crippen LogP contribution is -2.52. The standard InChI is InChI=1S/C25H25FN4O3/c1-15-4-6-20(26)11-24(15)33-25(32)28-13-16(2)30(17(3)31)22-9-5-18(10-23(22)28)19-12-27-29(14-19)21-7-8-21/h4-6,9-12,14,16,21H,7-8,13H2,1-3H3. The van der Waals surface area contributed by atoms with Crippen molar-refractivity contribution >= 4 is 23.4 Å². The summed E-state index contributed by atoms with van der Waals surface area (Å²) in [6, 6.07) is 9.97. The number of nitrogens with zero attached hydrogens (tertiary/aromatic N) is 4. The maximum absolute atomic E-state index is 13.7. The van der Waals surface area contributed by atoms with Crippen LogP contribution in [-0.4, -0.2) is 34.4 Å². The number of amides is 2. The highest BCUT2D eigenvalue weighted by molar-refractivity contribution is 6.03. The number of carbonyl (C=O) groups excluding carboxylic acids is 2. The topological polar surface area (TPSA) is 67.7 Å². The van der Waals surface area contributed by atoms with Crippen LogP contribution in [0.15, 0.2) is 48.8 Å². The normalized spacial score (nSPS) is 17.6. The lowest BCUT2D eigenvalue weighted by Gasteiger charge is -2.40. The zero-order valence-corrected chi connectivity index (χ0v) is 18.8. The largest absolute Gasteiger partial charge is 0.419 e. The van der Waals surface area contributed by atoms with Crippen LogP contribution >= 0.6 is 0 Å². The van der Waals surface area contributed by atoms with E-state index in [-0.39, 0.29) is 24.2 Å². The average Bonchev–Trinajstić information content (AvgIpc) is 3.51. The van der Waals surface area contributed by atoms with E-state index in [9.17, 15) is 14.0 Å². The third-order valence-electron chi connectivity index (χ3n) is 6.18. The molecule has 2 amide bonds. The van der Waals surface area contributed by atoms with E-state index in [0.717, 1.165) is 24.0 Å². The molecule has 0 spiro atoms. The Hall–Kier alpha value is -3.68. The minimum absolute atomic E-state index is 0.105. The lowest BCUT2D eigenvalue weighted by atomic mass is 10.0. The first-order chi connectivity index (χ1) is 15.8. The van der Waals surface area contributed by atoms with E-state index in [1.807, 2.05) is 42.2 Å². The Labute approximate surface area is 191 Å². The second-order valence-electron chi connectivity index (χ2n) is 8.77. The van der Waals surface area contributed by atoms with E-state index in [0.29, 0.717) is 23.0 Å². The average molecular weight is 448 g/mol. The SMILES string of the molecule is CC(=O)N1c2ccc(-c3cnn(C4CC4)c3)cc2N(C(=O)Oc2cc(F)ccc2C)CC1C. The quantitative estimate of drug-likeness (QED) is 0.560. The van der Waals surface area contributed by atoms with Crippen molar-refractivity contribution in [3.63, 3.8) is 0 Å². The molecule has 7 nitrogen and oxygen atoms in total. The number of halogens is 1. The Kier molecular flexibility index (Phi) is 5.15. The van der Waals surface area contributed by atoms with Gasteiger partial charge in [-0.05, 0) is 56.0 Å². The number of aryl methyl sites for hydroxylation is 1. The predicted octanol–water partition coefficient (Wildman–Crippen LogP) is 5.09. The van der Waals surface area contributed by atoms with Crippen molar-refractivity contribution in [2.45, 2.75) is 45.7 Å². The molecule has 0 radical (unpaired) electrons. The van der Waals surface area contributed by atoms with E-state index in [1.54, 1.807) is 17.9 Å². The van der Waals surface area contributed by atoms with Gasteiger partial charge < -0.3 is 9.64 Å². The third kappa shape index (κ3) is 3.97. The number of aromatic nitrogens is 2. The monoisotopic (exact) mass is 448 g/mol. The Morgan fingerprint density at radius 3 is 2.61 bits per heavy atom. The first kappa shape index (κ1) is 21.2. The van der Waals surface area contributed by atoms with Gasteiger partial charge in [0.2, 0.25) is 5.91 Å². The Balaban J connectivity index is 1.53. The van der Waals surface area contributed by atoms with Gasteiger partial charge in [0, 0.05) is 31.3 Å². The van der Waals surface area contributed by atoms with Crippen molar-refractivity contribution in [1.29, 1.82) is 0 Å². The fourth-order valence-corrected chi connectivity index (χ4v) is 4.32. The van der Waals surface area contributed by atoms with Gasteiger partial charge in [0.1, 0.15) is 11.6 Å². The van der Waals surface area contributed by atoms with Gasteiger partial charge in [-0.15, -0.1) is 0 Å². The van der Waals surface area contributed by atoms with Gasteiger partial charge >= 0.3 is 6.09 Å². The molecule has 3 aromatic rings. The van der Waals surface area contributed by atoms with E-state index < -0.39 is 11.9 Å². The molecule has 8 heteroatoms. The Bertz CT molecular complexity index is 1250. The number of ether oxygens (including phenoxy) is 1. The first-order valence-electron chi connectivity index (χ1n) is 11.1. The molecule has 1 saturated carbocycles. The molecule has 33 heavy (non-hydrogen) atoms. The number of anilines is 2. The highest BCUT2D eigenvalue weighted by Gasteiger charge is 2.35. The minimum atomic E-state index is -0.620. The molecular formula is C25H25FN4O3. The van der Waals surface area contributed by atoms with Crippen LogP contribution in [0, 0.1) is 12.7 Å². The number of benzene rings is 2. The molecule has 1 aliphatic carbocycles. The molecule has 0 N–H and O–H groups in total. The fraction of sp³-hybridized carbons (Fsp3) is 0.320. The van der Waals surface area contributed by atoms with Crippen molar-refractivity contribution in [1.82, 2.24) is 9.78 Å². The summed E-state index contributed by atoms with van der Waals surface area (Å²) >= 11 is 0. The molecule has 1 fully saturated rings. The number of fused-ring (bicyclic) bond motifs is 1. The highest BCUT2D eigenvalue weighted by atomic mass is 19.1. The summed E-state index contributed by atoms with van der Waals surface area (Å²) in [7, 11) is 0. The summed E-state index contributed by atoms with van der Waals surface area (Å²) in [6.45, 7) is 5.40. The first-order valence-corrected chi connectivity index (χ1v) is 11.1. The fourth-order valence-electron chi connectivity index (χ4n) is 4.32. The van der Waals surface area contributed by atoms with E-state index >= 15 is 0 Å². The van der Waals surface area contributed by atoms with Crippen LogP contribution in [0.4, 0.5) is 20.6 Å². The van der Waals surface area contributed by atoms with Gasteiger partial charge in [0.25, 0.3) is 0 Å². The molecule has 1 atom stereocenters. The zero-order chi connectivity index (χ0) is 23.3. The van der Waals surface area contributed by atoms with Crippen molar-refractivity contribution in [2.24, 2.45) is 0 Å². The molecule has 1 aliphatic heterocycles. The lowest BCUT2D eigenvalue weighted by molar-refractivity contribution is -0.117. The summed E-state index contributed by atoms with van der Waals surface area (Å²) in [5, 5.41) is 4.46. The summed E-state index contributed by atoms with van der Waals surface area (Å²) in [5.41, 5.74) is 3.68. The molecule has 2 heterocycles. The maximum atomic E-state index is 13.7. The number of hydrogen-bond donors (Lipinski definition) is 0. The smallest absolute Gasteiger partial charge is 0.410 e. The van der Waals surface area contributed by atoms with Gasteiger partial charge in [0.15, 0.2) is 0 Å². The van der Waals surface area contributed by atoms with Crippen molar-refractivity contribution in [3.05, 3.63) is 60.2 Å². The van der Waals surface area contributed by atoms with Crippen LogP contribution in [0.2, 0.25) is 0 Å². The van der Waals surface area contributed by atoms with Crippen LogP contribution in [0.25, 0.3) is 11.1 Å². The second kappa shape index (κ2) is 8.03. The second-order valence-corrected chi connectivity index (χ2v) is 8.77. The van der Waals surface area contributed by atoms with Crippen LogP contribution in [-0.2, 0) is 4.79 Å². The van der Waals surface area contributed by atoms with E-state index in [1.165, 1.54) is 24.0 Å². The third-order valence-corrected chi connectivity index (χ3v) is 6.18. The molecule has 2 aliphatic rings. The molecule has 0 saturated heterocycles. The summed E-state index contributed by atoms with van der Waals surface area (Å²) in [5.74, 6) is -0.411. The van der Waals surface area contributed by atoms with Gasteiger partial charge in [-0.25, -0.2) is 9.18 Å². The Morgan fingerprint density at radius 2 is 1.88 bits per heavy atom. The van der Waals surface area contributed by atoms with Gasteiger partial charge in [-0.3, -0.25) is 14.4 Å². The number of hydrogen-bond acceptors (Lipinski definition) is 4. The molecule has 5 rings (SSSR count). The van der Waals surface area contributed by atoms with Crippen LogP contribution in [0.1, 0.15) is 38.3 Å². The molecule has 0 bridgehead atoms. The molecule has 1 unspecified atom stereocenters. The van der Waals surface area contributed by atoms with Crippen molar-refractivity contribution in [2.75, 3.05) is 16.3 Å². The molecule has 1 aromatic heterocycles. The van der Waals surface area contributed by atoms with Gasteiger partial charge in [-0.2, -0.15) is 5.10 Å². The zero-order valence-electron chi connectivity index (χ0n) is 18.8. The van der Waals surface area contributed by atoms with Crippen molar-refractivity contribution < 1.29 is 18.7 Å². The number of carbonyl (C=O) groups is 2. The predicted molar refractivity (Wildman–Crippen MR) is 123 cm³/mol. The minimum Gasteiger partial charge on any atom is -0.410 e. The van der Waals surface area contributed by atoms with Gasteiger partial charge in [-0.1, -0.05) is 12.1 Å². The van der Waals surface area contributed by atoms with E-state index in [2.05, 4.69) is 5.10 Å². The molecule has 2 aromatic carbocycles. The number of rotatable bonds is 3. The highest BCUT2D eigenvalue weighted by Crippen LogP contribution is 2.40. The van der Waals surface area contributed by atoms with E-state index in [4.69, 9.17) is 4.74 Å². The van der Waals surface area contributed by atoms with Gasteiger partial charge in [0.05, 0.1) is 29.7 Å². The summed E-state index contributed by atoms with van der Waals surface area (Å²) < 4.78 is 21.3. The molecular weight excluding hydrogens is 423 g/mol. The Morgan fingerprint density at radius 1 is 1.09 bits per heavy atom. The van der Waals surface area contributed by atoms with Crippen LogP contribution < -0.4 is 14.5 Å². The summed E-state index contributed by atoms with van der Waals surface area (Å²) in [4.78, 5) is 28.8. The van der Waals surface area contributed by atoms with Crippen molar-refractivity contribution in [3.8, 4) is 16.9 Å². The van der Waals surface area contributed by atoms with Crippen LogP contribution in [0.5, 0.6) is 5.75 Å².